The molecule has 4 saturated carbocycles. The molecule has 0 radical (unpaired) electrons. The van der Waals surface area contributed by atoms with Crippen molar-refractivity contribution >= 4 is 11.6 Å². The number of ether oxygens (including phenoxy) is 1. The van der Waals surface area contributed by atoms with Crippen molar-refractivity contribution in [3.63, 3.8) is 0 Å². The SMILES string of the molecule is CN(C)CCCO[C@H]1CC[C@@]2(C)[C@H](C1)C(=O)C[C@@H]1[C@@H]2CC[C@]2(C)C(=O)CC[C@@H]12. The summed E-state index contributed by atoms with van der Waals surface area (Å²) in [5.74, 6) is 2.60. The lowest BCUT2D eigenvalue weighted by atomic mass is 9.45. The van der Waals surface area contributed by atoms with Crippen LogP contribution in [-0.2, 0) is 14.3 Å². The molecule has 0 unspecified atom stereocenters. The Labute approximate surface area is 170 Å². The van der Waals surface area contributed by atoms with Gasteiger partial charge in [-0.2, -0.15) is 0 Å². The summed E-state index contributed by atoms with van der Waals surface area (Å²) in [5, 5.41) is 0. The zero-order chi connectivity index (χ0) is 20.1. The van der Waals surface area contributed by atoms with Crippen molar-refractivity contribution in [3.05, 3.63) is 0 Å². The molecule has 4 aliphatic carbocycles. The van der Waals surface area contributed by atoms with Crippen molar-refractivity contribution in [2.75, 3.05) is 27.2 Å². The highest BCUT2D eigenvalue weighted by Crippen LogP contribution is 2.64. The Balaban J connectivity index is 1.44. The zero-order valence-electron chi connectivity index (χ0n) is 18.3. The monoisotopic (exact) mass is 389 g/mol. The van der Waals surface area contributed by atoms with Gasteiger partial charge in [-0.15, -0.1) is 0 Å². The van der Waals surface area contributed by atoms with Crippen LogP contribution in [0.5, 0.6) is 0 Å². The molecule has 7 atom stereocenters. The highest BCUT2D eigenvalue weighted by atomic mass is 16.5. The summed E-state index contributed by atoms with van der Waals surface area (Å²) >= 11 is 0. The minimum Gasteiger partial charge on any atom is -0.378 e. The molecule has 0 aromatic heterocycles. The predicted octanol–water partition coefficient (Wildman–Crippen LogP) is 4.11. The van der Waals surface area contributed by atoms with E-state index in [0.29, 0.717) is 35.7 Å². The molecule has 4 nitrogen and oxygen atoms in total. The second-order valence-corrected chi connectivity index (χ2v) is 10.9. The molecule has 0 heterocycles. The van der Waals surface area contributed by atoms with Gasteiger partial charge >= 0.3 is 0 Å². The van der Waals surface area contributed by atoms with Crippen molar-refractivity contribution in [2.24, 2.45) is 34.5 Å². The maximum Gasteiger partial charge on any atom is 0.139 e. The van der Waals surface area contributed by atoms with Crippen molar-refractivity contribution in [1.82, 2.24) is 4.90 Å². The molecule has 0 saturated heterocycles. The van der Waals surface area contributed by atoms with Crippen LogP contribution in [0.4, 0.5) is 0 Å². The van der Waals surface area contributed by atoms with Crippen molar-refractivity contribution < 1.29 is 14.3 Å². The topological polar surface area (TPSA) is 46.6 Å². The van der Waals surface area contributed by atoms with Crippen LogP contribution >= 0.6 is 0 Å². The molecule has 0 bridgehead atoms. The van der Waals surface area contributed by atoms with Gasteiger partial charge in [0.2, 0.25) is 0 Å². The van der Waals surface area contributed by atoms with Crippen molar-refractivity contribution in [2.45, 2.75) is 77.7 Å². The Bertz CT molecular complexity index is 631. The Morgan fingerprint density at radius 2 is 1.86 bits per heavy atom. The van der Waals surface area contributed by atoms with E-state index >= 15 is 0 Å². The van der Waals surface area contributed by atoms with Gasteiger partial charge in [-0.25, -0.2) is 0 Å². The third kappa shape index (κ3) is 3.29. The van der Waals surface area contributed by atoms with Crippen LogP contribution in [-0.4, -0.2) is 49.8 Å². The summed E-state index contributed by atoms with van der Waals surface area (Å²) in [6.45, 7) is 6.44. The first kappa shape index (κ1) is 20.5. The number of carbonyl (C=O) groups excluding carboxylic acids is 2. The number of ketones is 2. The third-order valence-electron chi connectivity index (χ3n) is 9.22. The standard InChI is InChI=1S/C24H39NO3/c1-23-10-8-16(28-13-5-12-25(3)4)14-20(23)21(26)15-17-18-6-7-22(27)24(18,2)11-9-19(17)23/h16-20H,5-15H2,1-4H3/t16-,17-,18-,19-,20+,23+,24-/m0/s1. The lowest BCUT2D eigenvalue weighted by Gasteiger charge is -2.59. The summed E-state index contributed by atoms with van der Waals surface area (Å²) in [7, 11) is 4.19. The summed E-state index contributed by atoms with van der Waals surface area (Å²) < 4.78 is 6.19. The fourth-order valence-electron chi connectivity index (χ4n) is 7.56. The van der Waals surface area contributed by atoms with Crippen LogP contribution in [0.1, 0.15) is 71.6 Å². The first-order valence-corrected chi connectivity index (χ1v) is 11.6. The van der Waals surface area contributed by atoms with E-state index in [1.165, 1.54) is 0 Å². The van der Waals surface area contributed by atoms with E-state index in [4.69, 9.17) is 4.74 Å². The number of hydrogen-bond acceptors (Lipinski definition) is 4. The number of fused-ring (bicyclic) bond motifs is 5. The molecule has 4 aliphatic rings. The lowest BCUT2D eigenvalue weighted by Crippen LogP contribution is -2.57. The minimum absolute atomic E-state index is 0.121. The molecule has 158 valence electrons. The van der Waals surface area contributed by atoms with Gasteiger partial charge in [-0.3, -0.25) is 9.59 Å². The summed E-state index contributed by atoms with van der Waals surface area (Å²) in [5.41, 5.74) is -0.0200. The van der Waals surface area contributed by atoms with E-state index in [0.717, 1.165) is 64.5 Å². The van der Waals surface area contributed by atoms with Crippen molar-refractivity contribution in [1.29, 1.82) is 0 Å². The maximum atomic E-state index is 13.3. The van der Waals surface area contributed by atoms with E-state index in [1.807, 2.05) is 0 Å². The van der Waals surface area contributed by atoms with Gasteiger partial charge in [-0.1, -0.05) is 13.8 Å². The summed E-state index contributed by atoms with van der Waals surface area (Å²) in [4.78, 5) is 28.0. The van der Waals surface area contributed by atoms with Gasteiger partial charge < -0.3 is 9.64 Å². The van der Waals surface area contributed by atoms with Gasteiger partial charge in [0.05, 0.1) is 6.10 Å². The van der Waals surface area contributed by atoms with Gasteiger partial charge in [0.25, 0.3) is 0 Å². The average molecular weight is 390 g/mol. The number of nitrogens with zero attached hydrogens (tertiary/aromatic N) is 1. The third-order valence-corrected chi connectivity index (χ3v) is 9.22. The molecule has 0 amide bonds. The van der Waals surface area contributed by atoms with Crippen LogP contribution in [0, 0.1) is 34.5 Å². The average Bonchev–Trinajstić information content (AvgIpc) is 2.95. The van der Waals surface area contributed by atoms with Crippen LogP contribution in [0.2, 0.25) is 0 Å². The molecular formula is C24H39NO3. The molecule has 0 N–H and O–H groups in total. The molecule has 4 fully saturated rings. The van der Waals surface area contributed by atoms with Gasteiger partial charge in [0.15, 0.2) is 0 Å². The Hall–Kier alpha value is -0.740. The molecule has 4 heteroatoms. The van der Waals surface area contributed by atoms with Gasteiger partial charge in [0, 0.05) is 30.8 Å². The molecule has 0 aliphatic heterocycles. The Morgan fingerprint density at radius 1 is 1.07 bits per heavy atom. The molecule has 28 heavy (non-hydrogen) atoms. The van der Waals surface area contributed by atoms with E-state index in [2.05, 4.69) is 32.8 Å². The molecule has 0 spiro atoms. The Kier molecular flexibility index (Phi) is 5.50. The first-order chi connectivity index (χ1) is 13.3. The van der Waals surface area contributed by atoms with E-state index in [1.54, 1.807) is 0 Å². The quantitative estimate of drug-likeness (QED) is 0.664. The second-order valence-electron chi connectivity index (χ2n) is 10.9. The Morgan fingerprint density at radius 3 is 2.61 bits per heavy atom. The highest BCUT2D eigenvalue weighted by molar-refractivity contribution is 5.88. The normalized spacial score (nSPS) is 45.7. The molecule has 4 rings (SSSR count). The number of rotatable bonds is 5. The largest absolute Gasteiger partial charge is 0.378 e. The molecule has 0 aromatic carbocycles. The van der Waals surface area contributed by atoms with E-state index in [-0.39, 0.29) is 22.9 Å². The first-order valence-electron chi connectivity index (χ1n) is 11.6. The van der Waals surface area contributed by atoms with Crippen LogP contribution in [0.15, 0.2) is 0 Å². The predicted molar refractivity (Wildman–Crippen MR) is 110 cm³/mol. The van der Waals surface area contributed by atoms with Gasteiger partial charge in [-0.05, 0) is 88.8 Å². The number of carbonyl (C=O) groups is 2. The van der Waals surface area contributed by atoms with Crippen molar-refractivity contribution in [3.8, 4) is 0 Å². The second kappa shape index (κ2) is 7.50. The van der Waals surface area contributed by atoms with Gasteiger partial charge in [0.1, 0.15) is 11.6 Å². The van der Waals surface area contributed by atoms with E-state index < -0.39 is 0 Å². The zero-order valence-corrected chi connectivity index (χ0v) is 18.3. The number of hydrogen-bond donors (Lipinski definition) is 0. The van der Waals surface area contributed by atoms with Crippen LogP contribution in [0.3, 0.4) is 0 Å². The lowest BCUT2D eigenvalue weighted by molar-refractivity contribution is -0.162. The maximum absolute atomic E-state index is 13.3. The molecular weight excluding hydrogens is 350 g/mol. The highest BCUT2D eigenvalue weighted by Gasteiger charge is 2.62. The smallest absolute Gasteiger partial charge is 0.139 e. The minimum atomic E-state index is -0.141. The van der Waals surface area contributed by atoms with E-state index in [9.17, 15) is 9.59 Å². The van der Waals surface area contributed by atoms with Crippen LogP contribution in [0.25, 0.3) is 0 Å². The number of Topliss-reactive ketones (excluding diaryl/α,β-unsaturated/α-hetero) is 2. The summed E-state index contributed by atoms with van der Waals surface area (Å²) in [6, 6.07) is 0. The van der Waals surface area contributed by atoms with Crippen LogP contribution < -0.4 is 0 Å². The fraction of sp³-hybridized carbons (Fsp3) is 0.917. The molecule has 0 aromatic rings. The fourth-order valence-corrected chi connectivity index (χ4v) is 7.56. The summed E-state index contributed by atoms with van der Waals surface area (Å²) in [6.07, 6.45) is 9.07.